The van der Waals surface area contributed by atoms with E-state index in [1.807, 2.05) is 39.4 Å². The Balaban J connectivity index is 1.20. The number of amidine groups is 1. The highest BCUT2D eigenvalue weighted by Crippen LogP contribution is 2.37. The second kappa shape index (κ2) is 9.54. The van der Waals surface area contributed by atoms with E-state index in [2.05, 4.69) is 33.3 Å². The number of para-hydroxylation sites is 2. The van der Waals surface area contributed by atoms with Crippen LogP contribution in [0.1, 0.15) is 35.9 Å². The van der Waals surface area contributed by atoms with E-state index in [0.29, 0.717) is 32.5 Å². The maximum Gasteiger partial charge on any atom is 0.269 e. The van der Waals surface area contributed by atoms with Crippen LogP contribution in [0.5, 0.6) is 5.75 Å². The zero-order valence-corrected chi connectivity index (χ0v) is 20.4. The minimum atomic E-state index is -0.316. The molecule has 0 bridgehead atoms. The van der Waals surface area contributed by atoms with Crippen molar-refractivity contribution >= 4 is 40.4 Å². The van der Waals surface area contributed by atoms with Crippen LogP contribution in [0.4, 0.5) is 11.4 Å². The Bertz CT molecular complexity index is 1090. The Hall–Kier alpha value is -3.27. The molecule has 4 heterocycles. The number of thiophene rings is 1. The first-order chi connectivity index (χ1) is 16.6. The summed E-state index contributed by atoms with van der Waals surface area (Å²) in [5.41, 5.74) is 5.07. The van der Waals surface area contributed by atoms with Gasteiger partial charge in [-0.2, -0.15) is 5.10 Å². The average Bonchev–Trinajstić information content (AvgIpc) is 3.52. The fraction of sp³-hybridized carbons (Fsp3) is 0.458. The molecule has 2 amide bonds. The molecule has 0 aliphatic carbocycles. The van der Waals surface area contributed by atoms with Crippen molar-refractivity contribution in [3.8, 4) is 5.75 Å². The van der Waals surface area contributed by atoms with Crippen LogP contribution in [-0.2, 0) is 4.79 Å². The number of benzene rings is 1. The molecular weight excluding hydrogens is 452 g/mol. The molecule has 10 heteroatoms. The molecule has 3 aliphatic rings. The van der Waals surface area contributed by atoms with Crippen molar-refractivity contribution < 1.29 is 14.3 Å². The summed E-state index contributed by atoms with van der Waals surface area (Å²) in [5, 5.41) is 6.47. The standard InChI is InChI=1S/C24H30N6O3S/c1-3-11-29-23(32)22-18(10-16-34-22)30-20(25-26-24(29)30)8-9-21(31)28-14-12-27(13-15-28)17-6-4-5-7-19(17)33-2/h4-7,10,16,24,26H,3,8-9,11-15H2,1-2H3. The number of nitrogens with one attached hydrogen (secondary N) is 1. The highest BCUT2D eigenvalue weighted by Gasteiger charge is 2.43. The number of hydrogen-bond donors (Lipinski definition) is 1. The number of ether oxygens (including phenoxy) is 1. The number of nitrogens with zero attached hydrogens (tertiary/aromatic N) is 5. The number of methoxy groups -OCH3 is 1. The first-order valence-electron chi connectivity index (χ1n) is 11.8. The Morgan fingerprint density at radius 1 is 1.18 bits per heavy atom. The van der Waals surface area contributed by atoms with Crippen LogP contribution in [0.25, 0.3) is 0 Å². The van der Waals surface area contributed by atoms with Gasteiger partial charge in [0.1, 0.15) is 16.5 Å². The summed E-state index contributed by atoms with van der Waals surface area (Å²) in [6.45, 7) is 5.63. The smallest absolute Gasteiger partial charge is 0.269 e. The van der Waals surface area contributed by atoms with Gasteiger partial charge < -0.3 is 14.5 Å². The summed E-state index contributed by atoms with van der Waals surface area (Å²) in [5.74, 6) is 1.84. The van der Waals surface area contributed by atoms with Crippen molar-refractivity contribution in [1.82, 2.24) is 15.2 Å². The van der Waals surface area contributed by atoms with Crippen molar-refractivity contribution in [2.45, 2.75) is 32.5 Å². The number of hydrazone groups is 1. The molecule has 1 aromatic heterocycles. The zero-order chi connectivity index (χ0) is 23.7. The molecule has 3 aliphatic heterocycles. The lowest BCUT2D eigenvalue weighted by Crippen LogP contribution is -2.58. The van der Waals surface area contributed by atoms with Gasteiger partial charge in [0.15, 0.2) is 0 Å². The van der Waals surface area contributed by atoms with Crippen LogP contribution in [0, 0.1) is 0 Å². The lowest BCUT2D eigenvalue weighted by molar-refractivity contribution is -0.131. The molecule has 0 radical (unpaired) electrons. The molecule has 1 atom stereocenters. The van der Waals surface area contributed by atoms with E-state index in [-0.39, 0.29) is 18.1 Å². The maximum atomic E-state index is 13.0. The van der Waals surface area contributed by atoms with Gasteiger partial charge in [-0.1, -0.05) is 19.1 Å². The predicted octanol–water partition coefficient (Wildman–Crippen LogP) is 2.76. The van der Waals surface area contributed by atoms with Crippen molar-refractivity contribution in [3.63, 3.8) is 0 Å². The molecule has 1 fully saturated rings. The van der Waals surface area contributed by atoms with E-state index in [1.54, 1.807) is 7.11 Å². The summed E-state index contributed by atoms with van der Waals surface area (Å²) in [4.78, 5) is 34.8. The van der Waals surface area contributed by atoms with E-state index < -0.39 is 0 Å². The number of anilines is 2. The fourth-order valence-corrected chi connectivity index (χ4v) is 5.70. The molecule has 2 aromatic rings. The molecule has 0 spiro atoms. The Labute approximate surface area is 203 Å². The minimum absolute atomic E-state index is 0.0426. The van der Waals surface area contributed by atoms with E-state index in [1.165, 1.54) is 11.3 Å². The Kier molecular flexibility index (Phi) is 6.32. The summed E-state index contributed by atoms with van der Waals surface area (Å²) in [6, 6.07) is 9.96. The van der Waals surface area contributed by atoms with E-state index in [0.717, 1.165) is 47.3 Å². The summed E-state index contributed by atoms with van der Waals surface area (Å²) >= 11 is 1.46. The van der Waals surface area contributed by atoms with Gasteiger partial charge in [-0.25, -0.2) is 0 Å². The summed E-state index contributed by atoms with van der Waals surface area (Å²) < 4.78 is 5.49. The summed E-state index contributed by atoms with van der Waals surface area (Å²) in [6.07, 6.45) is 1.47. The number of carbonyl (C=O) groups is 2. The van der Waals surface area contributed by atoms with Crippen LogP contribution in [0.3, 0.4) is 0 Å². The molecular formula is C24H30N6O3S. The predicted molar refractivity (Wildman–Crippen MR) is 134 cm³/mol. The average molecular weight is 483 g/mol. The molecule has 1 saturated heterocycles. The number of piperazine rings is 1. The molecule has 1 unspecified atom stereocenters. The number of hydrogen-bond acceptors (Lipinski definition) is 8. The first-order valence-corrected chi connectivity index (χ1v) is 12.7. The van der Waals surface area contributed by atoms with Gasteiger partial charge in [0, 0.05) is 45.6 Å². The summed E-state index contributed by atoms with van der Waals surface area (Å²) in [7, 11) is 1.68. The van der Waals surface area contributed by atoms with Gasteiger partial charge >= 0.3 is 0 Å². The third-order valence-corrected chi connectivity index (χ3v) is 7.46. The number of amides is 2. The quantitative estimate of drug-likeness (QED) is 0.654. The normalized spacial score (nSPS) is 19.5. The Morgan fingerprint density at radius 3 is 2.74 bits per heavy atom. The molecule has 5 rings (SSSR count). The topological polar surface area (TPSA) is 80.7 Å². The van der Waals surface area contributed by atoms with Crippen LogP contribution >= 0.6 is 11.3 Å². The molecule has 180 valence electrons. The van der Waals surface area contributed by atoms with Crippen molar-refractivity contribution in [2.75, 3.05) is 49.6 Å². The van der Waals surface area contributed by atoms with E-state index >= 15 is 0 Å². The number of rotatable bonds is 7. The van der Waals surface area contributed by atoms with Crippen LogP contribution in [0.2, 0.25) is 0 Å². The molecule has 34 heavy (non-hydrogen) atoms. The lowest BCUT2D eigenvalue weighted by Gasteiger charge is -2.39. The maximum absolute atomic E-state index is 13.0. The van der Waals surface area contributed by atoms with E-state index in [4.69, 9.17) is 4.74 Å². The first kappa shape index (κ1) is 22.5. The van der Waals surface area contributed by atoms with Gasteiger partial charge in [0.2, 0.25) is 12.2 Å². The van der Waals surface area contributed by atoms with Gasteiger partial charge in [-0.15, -0.1) is 11.3 Å². The zero-order valence-electron chi connectivity index (χ0n) is 19.6. The van der Waals surface area contributed by atoms with Crippen molar-refractivity contribution in [1.29, 1.82) is 0 Å². The minimum Gasteiger partial charge on any atom is -0.495 e. The second-order valence-corrected chi connectivity index (χ2v) is 9.49. The third kappa shape index (κ3) is 3.96. The Morgan fingerprint density at radius 2 is 1.97 bits per heavy atom. The SMILES string of the molecule is CCCN1C(=O)c2sccc2N2C(CCC(=O)N3CCN(c4ccccc4OC)CC3)=NNC12. The highest BCUT2D eigenvalue weighted by atomic mass is 32.1. The van der Waals surface area contributed by atoms with Crippen LogP contribution in [0.15, 0.2) is 40.8 Å². The van der Waals surface area contributed by atoms with Gasteiger partial charge in [0.05, 0.1) is 18.5 Å². The lowest BCUT2D eigenvalue weighted by atomic mass is 10.1. The van der Waals surface area contributed by atoms with Crippen LogP contribution < -0.4 is 20.0 Å². The van der Waals surface area contributed by atoms with E-state index in [9.17, 15) is 9.59 Å². The largest absolute Gasteiger partial charge is 0.495 e. The van der Waals surface area contributed by atoms with Gasteiger partial charge in [0.25, 0.3) is 5.91 Å². The third-order valence-electron chi connectivity index (χ3n) is 6.57. The monoisotopic (exact) mass is 482 g/mol. The molecule has 0 saturated carbocycles. The highest BCUT2D eigenvalue weighted by molar-refractivity contribution is 7.12. The number of fused-ring (bicyclic) bond motifs is 3. The van der Waals surface area contributed by atoms with Crippen LogP contribution in [-0.4, -0.2) is 73.6 Å². The fourth-order valence-electron chi connectivity index (χ4n) is 4.86. The second-order valence-electron chi connectivity index (χ2n) is 8.57. The molecule has 9 nitrogen and oxygen atoms in total. The van der Waals surface area contributed by atoms with Crippen molar-refractivity contribution in [2.24, 2.45) is 5.10 Å². The molecule has 1 N–H and O–H groups in total. The molecule has 1 aromatic carbocycles. The number of carbonyl (C=O) groups excluding carboxylic acids is 2. The van der Waals surface area contributed by atoms with Crippen molar-refractivity contribution in [3.05, 3.63) is 40.6 Å². The van der Waals surface area contributed by atoms with Gasteiger partial charge in [-0.3, -0.25) is 24.8 Å². The van der Waals surface area contributed by atoms with Gasteiger partial charge in [-0.05, 0) is 30.0 Å².